The number of anilines is 3. The lowest BCUT2D eigenvalue weighted by Gasteiger charge is -2.22. The lowest BCUT2D eigenvalue weighted by Crippen LogP contribution is -2.37. The van der Waals surface area contributed by atoms with Crippen molar-refractivity contribution in [3.05, 3.63) is 81.8 Å². The zero-order chi connectivity index (χ0) is 27.6. The molecule has 0 bridgehead atoms. The molecule has 0 unspecified atom stereocenters. The maximum absolute atomic E-state index is 13.1. The summed E-state index contributed by atoms with van der Waals surface area (Å²) in [5.41, 5.74) is -1.11. The summed E-state index contributed by atoms with van der Waals surface area (Å²) in [6, 6.07) is 13.6. The van der Waals surface area contributed by atoms with Crippen LogP contribution in [0.3, 0.4) is 0 Å². The summed E-state index contributed by atoms with van der Waals surface area (Å²) in [7, 11) is -8.07. The molecule has 1 amide bonds. The van der Waals surface area contributed by atoms with E-state index in [1.54, 1.807) is 12.1 Å². The van der Waals surface area contributed by atoms with Gasteiger partial charge in [-0.25, -0.2) is 16.8 Å². The molecule has 8 nitrogen and oxygen atoms in total. The Morgan fingerprint density at radius 1 is 0.946 bits per heavy atom. The topological polar surface area (TPSA) is 113 Å². The zero-order valence-electron chi connectivity index (χ0n) is 18.8. The number of amides is 1. The molecule has 37 heavy (non-hydrogen) atoms. The average molecular weight is 641 g/mol. The number of halogens is 5. The number of benzene rings is 3. The number of sulfonamides is 2. The Labute approximate surface area is 224 Å². The van der Waals surface area contributed by atoms with Crippen molar-refractivity contribution in [2.24, 2.45) is 0 Å². The number of hydrogen-bond donors (Lipinski definition) is 2. The Morgan fingerprint density at radius 3 is 2.05 bits per heavy atom. The van der Waals surface area contributed by atoms with Crippen LogP contribution in [0.2, 0.25) is 5.02 Å². The van der Waals surface area contributed by atoms with E-state index in [9.17, 15) is 34.8 Å². The molecule has 3 aromatic carbocycles. The van der Waals surface area contributed by atoms with E-state index >= 15 is 0 Å². The van der Waals surface area contributed by atoms with E-state index in [4.69, 9.17) is 11.6 Å². The quantitative estimate of drug-likeness (QED) is 0.346. The number of hydrogen-bond acceptors (Lipinski definition) is 5. The summed E-state index contributed by atoms with van der Waals surface area (Å²) in [4.78, 5) is 12.2. The first-order valence-corrected chi connectivity index (χ1v) is 14.6. The summed E-state index contributed by atoms with van der Waals surface area (Å²) in [5, 5.41) is 1.90. The molecule has 198 valence electrons. The van der Waals surface area contributed by atoms with Gasteiger partial charge in [-0.05, 0) is 66.7 Å². The van der Waals surface area contributed by atoms with Crippen molar-refractivity contribution in [3.8, 4) is 0 Å². The van der Waals surface area contributed by atoms with E-state index in [1.807, 2.05) is 4.72 Å². The highest BCUT2D eigenvalue weighted by molar-refractivity contribution is 9.10. The summed E-state index contributed by atoms with van der Waals surface area (Å²) < 4.78 is 92.5. The van der Waals surface area contributed by atoms with E-state index in [0.717, 1.165) is 39.3 Å². The number of rotatable bonds is 8. The zero-order valence-corrected chi connectivity index (χ0v) is 22.7. The number of nitrogens with zero attached hydrogens (tertiary/aromatic N) is 1. The molecule has 0 radical (unpaired) electrons. The van der Waals surface area contributed by atoms with Gasteiger partial charge in [-0.3, -0.25) is 13.8 Å². The van der Waals surface area contributed by atoms with Crippen LogP contribution < -0.4 is 14.3 Å². The third kappa shape index (κ3) is 7.60. The number of alkyl halides is 3. The number of carbonyl (C=O) groups excluding carboxylic acids is 1. The van der Waals surface area contributed by atoms with Crippen molar-refractivity contribution in [2.75, 3.05) is 27.1 Å². The molecule has 0 heterocycles. The van der Waals surface area contributed by atoms with Crippen molar-refractivity contribution in [2.45, 2.75) is 11.1 Å². The predicted molar refractivity (Wildman–Crippen MR) is 139 cm³/mol. The van der Waals surface area contributed by atoms with E-state index < -0.39 is 49.3 Å². The Balaban J connectivity index is 1.73. The van der Waals surface area contributed by atoms with E-state index in [0.29, 0.717) is 6.07 Å². The maximum atomic E-state index is 13.1. The fraction of sp³-hybridized carbons (Fsp3) is 0.136. The van der Waals surface area contributed by atoms with Gasteiger partial charge in [0.25, 0.3) is 10.0 Å². The Kier molecular flexibility index (Phi) is 8.47. The highest BCUT2D eigenvalue weighted by Gasteiger charge is 2.33. The van der Waals surface area contributed by atoms with E-state index in [1.165, 1.54) is 24.3 Å². The molecule has 0 saturated carbocycles. The summed E-state index contributed by atoms with van der Waals surface area (Å²) in [6.07, 6.45) is -3.82. The van der Waals surface area contributed by atoms with Crippen LogP contribution in [-0.4, -0.2) is 35.5 Å². The fourth-order valence-electron chi connectivity index (χ4n) is 3.08. The normalized spacial score (nSPS) is 12.2. The third-order valence-electron chi connectivity index (χ3n) is 4.77. The smallest absolute Gasteiger partial charge is 0.325 e. The summed E-state index contributed by atoms with van der Waals surface area (Å²) >= 11 is 8.80. The molecule has 2 N–H and O–H groups in total. The number of nitrogens with one attached hydrogen (secondary N) is 2. The molecule has 0 aromatic heterocycles. The van der Waals surface area contributed by atoms with Crippen LogP contribution >= 0.6 is 27.5 Å². The number of carbonyl (C=O) groups is 1. The van der Waals surface area contributed by atoms with Crippen molar-refractivity contribution >= 4 is 70.5 Å². The molecule has 15 heteroatoms. The monoisotopic (exact) mass is 639 g/mol. The molecule has 0 aliphatic heterocycles. The van der Waals surface area contributed by atoms with Crippen LogP contribution in [0.1, 0.15) is 5.56 Å². The predicted octanol–water partition coefficient (Wildman–Crippen LogP) is 5.33. The summed E-state index contributed by atoms with van der Waals surface area (Å²) in [5.74, 6) is -0.692. The molecule has 3 aromatic rings. The van der Waals surface area contributed by atoms with E-state index in [-0.39, 0.29) is 22.0 Å². The van der Waals surface area contributed by atoms with Crippen molar-refractivity contribution in [3.63, 3.8) is 0 Å². The fourth-order valence-corrected chi connectivity index (χ4v) is 5.47. The van der Waals surface area contributed by atoms with Crippen LogP contribution in [0, 0.1) is 0 Å². The second kappa shape index (κ2) is 10.9. The van der Waals surface area contributed by atoms with Crippen LogP contribution in [-0.2, 0) is 31.0 Å². The molecule has 0 atom stereocenters. The van der Waals surface area contributed by atoms with E-state index in [2.05, 4.69) is 21.2 Å². The van der Waals surface area contributed by atoms with Crippen LogP contribution in [0.15, 0.2) is 76.1 Å². The molecule has 0 fully saturated rings. The van der Waals surface area contributed by atoms with Gasteiger partial charge < -0.3 is 5.32 Å². The summed E-state index contributed by atoms with van der Waals surface area (Å²) in [6.45, 7) is -0.541. The van der Waals surface area contributed by atoms with Crippen LogP contribution in [0.5, 0.6) is 0 Å². The second-order valence-corrected chi connectivity index (χ2v) is 12.5. The minimum atomic E-state index is -4.78. The Bertz CT molecular complexity index is 1520. The lowest BCUT2D eigenvalue weighted by atomic mass is 10.2. The molecular weight excluding hydrogens is 623 g/mol. The average Bonchev–Trinajstić information content (AvgIpc) is 2.78. The van der Waals surface area contributed by atoms with Gasteiger partial charge in [0, 0.05) is 15.8 Å². The van der Waals surface area contributed by atoms with Gasteiger partial charge in [-0.15, -0.1) is 0 Å². The lowest BCUT2D eigenvalue weighted by molar-refractivity contribution is -0.137. The van der Waals surface area contributed by atoms with Crippen molar-refractivity contribution in [1.29, 1.82) is 0 Å². The maximum Gasteiger partial charge on any atom is 0.417 e. The standard InChI is InChI=1S/C22H18BrClF3N3O5S2/c1-36(32,33)30(17-7-2-14(23)3-8-17)13-21(31)28-15-4-9-18(10-5-15)37(34,35)29-16-6-11-20(24)19(12-16)22(25,26)27/h2-12,29H,13H2,1H3,(H,28,31). The van der Waals surface area contributed by atoms with Gasteiger partial charge >= 0.3 is 6.18 Å². The Morgan fingerprint density at radius 2 is 1.51 bits per heavy atom. The first-order chi connectivity index (χ1) is 17.1. The molecule has 0 aliphatic carbocycles. The SMILES string of the molecule is CS(=O)(=O)N(CC(=O)Nc1ccc(S(=O)(=O)Nc2ccc(Cl)c(C(F)(F)F)c2)cc1)c1ccc(Br)cc1. The minimum absolute atomic E-state index is 0.166. The van der Waals surface area contributed by atoms with Crippen molar-refractivity contribution in [1.82, 2.24) is 0 Å². The largest absolute Gasteiger partial charge is 0.417 e. The molecule has 3 rings (SSSR count). The van der Waals surface area contributed by atoms with Gasteiger partial charge in [0.2, 0.25) is 15.9 Å². The van der Waals surface area contributed by atoms with Gasteiger partial charge in [-0.1, -0.05) is 27.5 Å². The first-order valence-electron chi connectivity index (χ1n) is 10.1. The third-order valence-corrected chi connectivity index (χ3v) is 8.17. The minimum Gasteiger partial charge on any atom is -0.325 e. The molecule has 0 saturated heterocycles. The highest BCUT2D eigenvalue weighted by Crippen LogP contribution is 2.36. The first kappa shape index (κ1) is 28.8. The second-order valence-electron chi connectivity index (χ2n) is 7.62. The van der Waals surface area contributed by atoms with Gasteiger partial charge in [0.1, 0.15) is 6.54 Å². The van der Waals surface area contributed by atoms with Gasteiger partial charge in [0.05, 0.1) is 27.4 Å². The molecular formula is C22H18BrClF3N3O5S2. The molecule has 0 aliphatic rings. The Hall–Kier alpha value is -2.81. The van der Waals surface area contributed by atoms with Gasteiger partial charge in [0.15, 0.2) is 0 Å². The van der Waals surface area contributed by atoms with Crippen molar-refractivity contribution < 1.29 is 34.8 Å². The van der Waals surface area contributed by atoms with Crippen LogP contribution in [0.25, 0.3) is 0 Å². The highest BCUT2D eigenvalue weighted by atomic mass is 79.9. The van der Waals surface area contributed by atoms with Crippen LogP contribution in [0.4, 0.5) is 30.2 Å². The van der Waals surface area contributed by atoms with Gasteiger partial charge in [-0.2, -0.15) is 13.2 Å². The molecule has 0 spiro atoms.